The highest BCUT2D eigenvalue weighted by molar-refractivity contribution is 5.71. The molecule has 1 aromatic rings. The maximum atomic E-state index is 9.07. The van der Waals surface area contributed by atoms with Crippen molar-refractivity contribution in [2.45, 2.75) is 26.4 Å². The number of methoxy groups -OCH3 is 1. The Balaban J connectivity index is 3.52. The molecule has 0 fully saturated rings. The first kappa shape index (κ1) is 16.4. The maximum Gasteiger partial charge on any atom is 0.163 e. The minimum Gasteiger partial charge on any atom is -0.496 e. The Morgan fingerprint density at radius 2 is 2.00 bits per heavy atom. The number of terminal acetylenes is 1. The summed E-state index contributed by atoms with van der Waals surface area (Å²) in [5, 5.41) is 9.07. The van der Waals surface area contributed by atoms with E-state index in [9.17, 15) is 0 Å². The topological polar surface area (TPSA) is 42.2 Å². The Morgan fingerprint density at radius 1 is 1.38 bits per heavy atom. The molecule has 21 heavy (non-hydrogen) atoms. The SMILES string of the molecule is C#CC(C)(C)Oc1cc(C)cc(OC)c1/C=C(/C#N)C=C. The molecule has 0 unspecified atom stereocenters. The van der Waals surface area contributed by atoms with E-state index in [-0.39, 0.29) is 0 Å². The molecule has 0 atom stereocenters. The summed E-state index contributed by atoms with van der Waals surface area (Å²) in [6, 6.07) is 5.80. The zero-order valence-electron chi connectivity index (χ0n) is 12.9. The summed E-state index contributed by atoms with van der Waals surface area (Å²) >= 11 is 0. The molecule has 0 aliphatic heterocycles. The van der Waals surface area contributed by atoms with Crippen molar-refractivity contribution in [2.24, 2.45) is 0 Å². The molecular weight excluding hydrogens is 262 g/mol. The normalized spacial score (nSPS) is 11.2. The second-order valence-electron chi connectivity index (χ2n) is 5.05. The van der Waals surface area contributed by atoms with Crippen LogP contribution in [0.3, 0.4) is 0 Å². The number of rotatable bonds is 5. The van der Waals surface area contributed by atoms with Crippen LogP contribution in [-0.4, -0.2) is 12.7 Å². The van der Waals surface area contributed by atoms with Crippen LogP contribution in [0.25, 0.3) is 6.08 Å². The van der Waals surface area contributed by atoms with Crippen LogP contribution in [0.5, 0.6) is 11.5 Å². The second kappa shape index (κ2) is 6.68. The van der Waals surface area contributed by atoms with Gasteiger partial charge in [0.1, 0.15) is 11.5 Å². The molecule has 1 rings (SSSR count). The minimum atomic E-state index is -0.762. The van der Waals surface area contributed by atoms with E-state index in [0.717, 1.165) is 5.56 Å². The fraction of sp³-hybridized carbons (Fsp3) is 0.278. The fourth-order valence-corrected chi connectivity index (χ4v) is 1.72. The highest BCUT2D eigenvalue weighted by Crippen LogP contribution is 2.34. The predicted molar refractivity (Wildman–Crippen MR) is 85.1 cm³/mol. The van der Waals surface area contributed by atoms with E-state index in [0.29, 0.717) is 22.6 Å². The third-order valence-electron chi connectivity index (χ3n) is 2.83. The van der Waals surface area contributed by atoms with E-state index in [1.807, 2.05) is 19.1 Å². The third-order valence-corrected chi connectivity index (χ3v) is 2.83. The van der Waals surface area contributed by atoms with Gasteiger partial charge in [0.25, 0.3) is 0 Å². The summed E-state index contributed by atoms with van der Waals surface area (Å²) in [5.41, 5.74) is 1.30. The molecule has 0 amide bonds. The fourth-order valence-electron chi connectivity index (χ4n) is 1.72. The summed E-state index contributed by atoms with van der Waals surface area (Å²) in [6.07, 6.45) is 8.63. The van der Waals surface area contributed by atoms with Crippen LogP contribution in [0.4, 0.5) is 0 Å². The molecule has 0 aliphatic rings. The Bertz CT molecular complexity index is 655. The summed E-state index contributed by atoms with van der Waals surface area (Å²) in [4.78, 5) is 0. The second-order valence-corrected chi connectivity index (χ2v) is 5.05. The van der Waals surface area contributed by atoms with Crippen LogP contribution >= 0.6 is 0 Å². The monoisotopic (exact) mass is 281 g/mol. The zero-order chi connectivity index (χ0) is 16.0. The van der Waals surface area contributed by atoms with Crippen LogP contribution in [0.15, 0.2) is 30.4 Å². The van der Waals surface area contributed by atoms with Crippen molar-refractivity contribution in [1.29, 1.82) is 5.26 Å². The van der Waals surface area contributed by atoms with Crippen molar-refractivity contribution in [1.82, 2.24) is 0 Å². The number of aryl methyl sites for hydroxylation is 1. The lowest BCUT2D eigenvalue weighted by atomic mass is 10.0. The van der Waals surface area contributed by atoms with E-state index in [2.05, 4.69) is 18.6 Å². The van der Waals surface area contributed by atoms with Crippen molar-refractivity contribution in [3.05, 3.63) is 41.5 Å². The largest absolute Gasteiger partial charge is 0.496 e. The standard InChI is InChI=1S/C18H19NO2/c1-7-14(12-19)11-15-16(20-6)9-13(3)10-17(15)21-18(4,5)8-2/h2,7,9-11H,1H2,3-6H3/b14-11+. The highest BCUT2D eigenvalue weighted by atomic mass is 16.5. The lowest BCUT2D eigenvalue weighted by Gasteiger charge is -2.23. The van der Waals surface area contributed by atoms with Gasteiger partial charge in [-0.2, -0.15) is 5.26 Å². The Morgan fingerprint density at radius 3 is 2.48 bits per heavy atom. The van der Waals surface area contributed by atoms with Gasteiger partial charge in [-0.05, 0) is 44.5 Å². The number of nitriles is 1. The zero-order valence-corrected chi connectivity index (χ0v) is 12.9. The van der Waals surface area contributed by atoms with E-state index >= 15 is 0 Å². The van der Waals surface area contributed by atoms with Gasteiger partial charge in [-0.3, -0.25) is 0 Å². The molecule has 0 spiro atoms. The minimum absolute atomic E-state index is 0.417. The van der Waals surface area contributed by atoms with Gasteiger partial charge in [-0.1, -0.05) is 18.6 Å². The summed E-state index contributed by atoms with van der Waals surface area (Å²) in [7, 11) is 1.57. The molecule has 0 saturated heterocycles. The van der Waals surface area contributed by atoms with Gasteiger partial charge < -0.3 is 9.47 Å². The van der Waals surface area contributed by atoms with Gasteiger partial charge in [-0.15, -0.1) is 6.42 Å². The number of ether oxygens (including phenoxy) is 2. The molecule has 3 nitrogen and oxygen atoms in total. The van der Waals surface area contributed by atoms with E-state index in [1.54, 1.807) is 27.0 Å². The molecule has 0 aromatic heterocycles. The molecule has 0 bridgehead atoms. The van der Waals surface area contributed by atoms with Crippen LogP contribution < -0.4 is 9.47 Å². The molecule has 1 aromatic carbocycles. The van der Waals surface area contributed by atoms with Crippen molar-refractivity contribution < 1.29 is 9.47 Å². The predicted octanol–water partition coefficient (Wildman–Crippen LogP) is 3.89. The number of hydrogen-bond acceptors (Lipinski definition) is 3. The molecular formula is C18H19NO2. The van der Waals surface area contributed by atoms with Crippen molar-refractivity contribution in [2.75, 3.05) is 7.11 Å². The lowest BCUT2D eigenvalue weighted by Crippen LogP contribution is -2.26. The first-order valence-corrected chi connectivity index (χ1v) is 6.46. The van der Waals surface area contributed by atoms with Gasteiger partial charge in [0.15, 0.2) is 5.60 Å². The Hall–Kier alpha value is -2.65. The molecule has 0 saturated carbocycles. The Labute approximate surface area is 126 Å². The van der Waals surface area contributed by atoms with E-state index < -0.39 is 5.60 Å². The molecule has 0 heterocycles. The summed E-state index contributed by atoms with van der Waals surface area (Å²) in [6.45, 7) is 9.15. The molecule has 108 valence electrons. The van der Waals surface area contributed by atoms with Crippen molar-refractivity contribution in [3.8, 4) is 29.9 Å². The van der Waals surface area contributed by atoms with Gasteiger partial charge >= 0.3 is 0 Å². The quantitative estimate of drug-likeness (QED) is 0.467. The van der Waals surface area contributed by atoms with Gasteiger partial charge in [0, 0.05) is 0 Å². The highest BCUT2D eigenvalue weighted by Gasteiger charge is 2.20. The van der Waals surface area contributed by atoms with Crippen molar-refractivity contribution in [3.63, 3.8) is 0 Å². The van der Waals surface area contributed by atoms with E-state index in [1.165, 1.54) is 6.08 Å². The molecule has 3 heteroatoms. The molecule has 0 aliphatic carbocycles. The molecule has 0 N–H and O–H groups in total. The van der Waals surface area contributed by atoms with Gasteiger partial charge in [-0.25, -0.2) is 0 Å². The smallest absolute Gasteiger partial charge is 0.163 e. The maximum absolute atomic E-state index is 9.07. The van der Waals surface area contributed by atoms with Gasteiger partial charge in [0.05, 0.1) is 24.3 Å². The summed E-state index contributed by atoms with van der Waals surface area (Å²) < 4.78 is 11.3. The first-order valence-electron chi connectivity index (χ1n) is 6.46. The van der Waals surface area contributed by atoms with Crippen LogP contribution in [0.1, 0.15) is 25.0 Å². The van der Waals surface area contributed by atoms with Crippen LogP contribution in [0, 0.1) is 30.6 Å². The number of benzene rings is 1. The molecule has 0 radical (unpaired) electrons. The summed E-state index contributed by atoms with van der Waals surface area (Å²) in [5.74, 6) is 3.78. The van der Waals surface area contributed by atoms with E-state index in [4.69, 9.17) is 21.2 Å². The lowest BCUT2D eigenvalue weighted by molar-refractivity contribution is 0.171. The third kappa shape index (κ3) is 4.16. The van der Waals surface area contributed by atoms with Crippen LogP contribution in [0.2, 0.25) is 0 Å². The Kier molecular flexibility index (Phi) is 5.22. The average molecular weight is 281 g/mol. The average Bonchev–Trinajstić information content (AvgIpc) is 2.45. The number of nitrogens with zero attached hydrogens (tertiary/aromatic N) is 1. The first-order chi connectivity index (χ1) is 9.86. The van der Waals surface area contributed by atoms with Crippen LogP contribution in [-0.2, 0) is 0 Å². The van der Waals surface area contributed by atoms with Crippen molar-refractivity contribution >= 4 is 6.08 Å². The number of allylic oxidation sites excluding steroid dienone is 2. The van der Waals surface area contributed by atoms with Gasteiger partial charge in [0.2, 0.25) is 0 Å². The number of hydrogen-bond donors (Lipinski definition) is 0.